The molecule has 0 unspecified atom stereocenters. The third-order valence-electron chi connectivity index (χ3n) is 2.93. The van der Waals surface area contributed by atoms with E-state index in [0.29, 0.717) is 6.54 Å². The zero-order valence-corrected chi connectivity index (χ0v) is 10.4. The molecular formula is C13H13N5O. The lowest BCUT2D eigenvalue weighted by Crippen LogP contribution is -2.02. The van der Waals surface area contributed by atoms with Gasteiger partial charge in [0.1, 0.15) is 17.9 Å². The van der Waals surface area contributed by atoms with Crippen LogP contribution in [0.4, 0.5) is 5.82 Å². The predicted octanol–water partition coefficient (Wildman–Crippen LogP) is 1.68. The zero-order chi connectivity index (χ0) is 13.2. The number of rotatable bonds is 3. The van der Waals surface area contributed by atoms with E-state index in [2.05, 4.69) is 20.4 Å². The number of phenolic OH excluding ortho intramolecular Hbond substituents is 1. The summed E-state index contributed by atoms with van der Waals surface area (Å²) in [5.41, 5.74) is 1.86. The second kappa shape index (κ2) is 4.56. The van der Waals surface area contributed by atoms with Crippen molar-refractivity contribution < 1.29 is 5.11 Å². The number of aryl methyl sites for hydroxylation is 1. The summed E-state index contributed by atoms with van der Waals surface area (Å²) < 4.78 is 1.71. The van der Waals surface area contributed by atoms with E-state index in [0.717, 1.165) is 22.4 Å². The van der Waals surface area contributed by atoms with Crippen molar-refractivity contribution in [1.82, 2.24) is 19.7 Å². The molecular weight excluding hydrogens is 242 g/mol. The molecule has 3 rings (SSSR count). The number of hydrogen-bond acceptors (Lipinski definition) is 5. The van der Waals surface area contributed by atoms with Gasteiger partial charge in [0, 0.05) is 13.6 Å². The molecule has 0 aliphatic carbocycles. The third-order valence-corrected chi connectivity index (χ3v) is 2.93. The predicted molar refractivity (Wildman–Crippen MR) is 71.7 cm³/mol. The second-order valence-corrected chi connectivity index (χ2v) is 4.25. The van der Waals surface area contributed by atoms with Crippen LogP contribution in [0.25, 0.3) is 11.0 Å². The van der Waals surface area contributed by atoms with Crippen molar-refractivity contribution in [1.29, 1.82) is 0 Å². The molecule has 96 valence electrons. The van der Waals surface area contributed by atoms with Crippen LogP contribution >= 0.6 is 0 Å². The summed E-state index contributed by atoms with van der Waals surface area (Å²) in [5.74, 6) is 1.02. The van der Waals surface area contributed by atoms with Crippen molar-refractivity contribution in [3.8, 4) is 5.75 Å². The molecule has 0 amide bonds. The van der Waals surface area contributed by atoms with Gasteiger partial charge < -0.3 is 10.4 Å². The third kappa shape index (κ3) is 2.20. The van der Waals surface area contributed by atoms with E-state index >= 15 is 0 Å². The summed E-state index contributed by atoms with van der Waals surface area (Å²) in [7, 11) is 1.85. The van der Waals surface area contributed by atoms with Crippen molar-refractivity contribution in [2.24, 2.45) is 7.05 Å². The standard InChI is InChI=1S/C13H13N5O/c1-18-13-11(7-17-18)12(15-8-16-13)14-6-9-2-4-10(19)5-3-9/h2-5,7-8,19H,6H2,1H3,(H,14,15,16). The number of fused-ring (bicyclic) bond motifs is 1. The number of phenols is 1. The maximum atomic E-state index is 9.23. The number of anilines is 1. The van der Waals surface area contributed by atoms with Crippen LogP contribution in [-0.2, 0) is 13.6 Å². The molecule has 2 N–H and O–H groups in total. The topological polar surface area (TPSA) is 75.9 Å². The lowest BCUT2D eigenvalue weighted by Gasteiger charge is -2.06. The Kier molecular flexibility index (Phi) is 2.75. The Labute approximate surface area is 109 Å². The Bertz CT molecular complexity index is 705. The molecule has 0 saturated carbocycles. The lowest BCUT2D eigenvalue weighted by atomic mass is 10.2. The Hall–Kier alpha value is -2.63. The molecule has 0 radical (unpaired) electrons. The molecule has 0 bridgehead atoms. The summed E-state index contributed by atoms with van der Waals surface area (Å²) in [6.45, 7) is 0.626. The van der Waals surface area contributed by atoms with Gasteiger partial charge in [-0.1, -0.05) is 12.1 Å². The minimum Gasteiger partial charge on any atom is -0.508 e. The van der Waals surface area contributed by atoms with E-state index in [9.17, 15) is 5.11 Å². The summed E-state index contributed by atoms with van der Waals surface area (Å²) in [5, 5.41) is 17.5. The van der Waals surface area contributed by atoms with E-state index in [1.54, 1.807) is 23.0 Å². The summed E-state index contributed by atoms with van der Waals surface area (Å²) >= 11 is 0. The smallest absolute Gasteiger partial charge is 0.163 e. The molecule has 2 aromatic heterocycles. The lowest BCUT2D eigenvalue weighted by molar-refractivity contribution is 0.475. The van der Waals surface area contributed by atoms with Gasteiger partial charge in [0.15, 0.2) is 5.65 Å². The highest BCUT2D eigenvalue weighted by atomic mass is 16.3. The van der Waals surface area contributed by atoms with Gasteiger partial charge in [-0.25, -0.2) is 9.97 Å². The van der Waals surface area contributed by atoms with Crippen LogP contribution in [-0.4, -0.2) is 24.9 Å². The minimum atomic E-state index is 0.264. The second-order valence-electron chi connectivity index (χ2n) is 4.25. The molecule has 6 heteroatoms. The highest BCUT2D eigenvalue weighted by Crippen LogP contribution is 2.18. The first-order valence-electron chi connectivity index (χ1n) is 5.88. The molecule has 0 spiro atoms. The first-order valence-corrected chi connectivity index (χ1v) is 5.88. The van der Waals surface area contributed by atoms with Crippen LogP contribution in [0.5, 0.6) is 5.75 Å². The quantitative estimate of drug-likeness (QED) is 0.744. The molecule has 0 saturated heterocycles. The van der Waals surface area contributed by atoms with Crippen molar-refractivity contribution in [2.45, 2.75) is 6.54 Å². The fourth-order valence-corrected chi connectivity index (χ4v) is 1.90. The van der Waals surface area contributed by atoms with Gasteiger partial charge in [0.2, 0.25) is 0 Å². The first kappa shape index (κ1) is 11.5. The average molecular weight is 255 g/mol. The van der Waals surface area contributed by atoms with Crippen molar-refractivity contribution in [3.63, 3.8) is 0 Å². The fourth-order valence-electron chi connectivity index (χ4n) is 1.90. The van der Waals surface area contributed by atoms with Crippen LogP contribution in [0.15, 0.2) is 36.8 Å². The SMILES string of the molecule is Cn1ncc2c(NCc3ccc(O)cc3)ncnc21. The highest BCUT2D eigenvalue weighted by Gasteiger charge is 2.07. The number of aromatic hydroxyl groups is 1. The average Bonchev–Trinajstić information content (AvgIpc) is 2.81. The van der Waals surface area contributed by atoms with Gasteiger partial charge in [0.25, 0.3) is 0 Å². The largest absolute Gasteiger partial charge is 0.508 e. The molecule has 1 aromatic carbocycles. The number of nitrogens with zero attached hydrogens (tertiary/aromatic N) is 4. The molecule has 0 aliphatic rings. The van der Waals surface area contributed by atoms with Gasteiger partial charge in [-0.2, -0.15) is 5.10 Å². The molecule has 19 heavy (non-hydrogen) atoms. The van der Waals surface area contributed by atoms with Crippen LogP contribution in [0, 0.1) is 0 Å². The normalized spacial score (nSPS) is 10.8. The number of aromatic nitrogens is 4. The van der Waals surface area contributed by atoms with E-state index in [4.69, 9.17) is 0 Å². The monoisotopic (exact) mass is 255 g/mol. The van der Waals surface area contributed by atoms with Crippen LogP contribution in [0.2, 0.25) is 0 Å². The van der Waals surface area contributed by atoms with Gasteiger partial charge in [-0.05, 0) is 17.7 Å². The molecule has 2 heterocycles. The van der Waals surface area contributed by atoms with Crippen molar-refractivity contribution in [2.75, 3.05) is 5.32 Å². The Morgan fingerprint density at radius 1 is 1.21 bits per heavy atom. The fraction of sp³-hybridized carbons (Fsp3) is 0.154. The van der Waals surface area contributed by atoms with Crippen LogP contribution < -0.4 is 5.32 Å². The van der Waals surface area contributed by atoms with E-state index in [1.165, 1.54) is 6.33 Å². The van der Waals surface area contributed by atoms with E-state index in [-0.39, 0.29) is 5.75 Å². The Morgan fingerprint density at radius 2 is 2.00 bits per heavy atom. The number of hydrogen-bond donors (Lipinski definition) is 2. The summed E-state index contributed by atoms with van der Waals surface area (Å²) in [6.07, 6.45) is 3.26. The van der Waals surface area contributed by atoms with Gasteiger partial charge in [0.05, 0.1) is 11.6 Å². The van der Waals surface area contributed by atoms with Gasteiger partial charge >= 0.3 is 0 Å². The van der Waals surface area contributed by atoms with E-state index < -0.39 is 0 Å². The number of benzene rings is 1. The molecule has 3 aromatic rings. The first-order chi connectivity index (χ1) is 9.24. The molecule has 0 atom stereocenters. The van der Waals surface area contributed by atoms with Gasteiger partial charge in [-0.15, -0.1) is 0 Å². The Morgan fingerprint density at radius 3 is 2.79 bits per heavy atom. The highest BCUT2D eigenvalue weighted by molar-refractivity contribution is 5.85. The van der Waals surface area contributed by atoms with Crippen LogP contribution in [0.3, 0.4) is 0 Å². The molecule has 0 fully saturated rings. The van der Waals surface area contributed by atoms with E-state index in [1.807, 2.05) is 19.2 Å². The number of nitrogens with one attached hydrogen (secondary N) is 1. The molecule has 0 aliphatic heterocycles. The minimum absolute atomic E-state index is 0.264. The zero-order valence-electron chi connectivity index (χ0n) is 10.4. The maximum Gasteiger partial charge on any atom is 0.163 e. The molecule has 6 nitrogen and oxygen atoms in total. The van der Waals surface area contributed by atoms with Crippen molar-refractivity contribution >= 4 is 16.9 Å². The Balaban J connectivity index is 1.83. The maximum absolute atomic E-state index is 9.23. The van der Waals surface area contributed by atoms with Gasteiger partial charge in [-0.3, -0.25) is 4.68 Å². The van der Waals surface area contributed by atoms with Crippen molar-refractivity contribution in [3.05, 3.63) is 42.4 Å². The summed E-state index contributed by atoms with van der Waals surface area (Å²) in [4.78, 5) is 8.41. The summed E-state index contributed by atoms with van der Waals surface area (Å²) in [6, 6.07) is 7.06. The van der Waals surface area contributed by atoms with Crippen LogP contribution in [0.1, 0.15) is 5.56 Å².